The molecule has 1 atom stereocenters. The molecule has 2 aromatic heterocycles. The van der Waals surface area contributed by atoms with Crippen LogP contribution in [0.1, 0.15) is 24.6 Å². The number of hydrogen-bond donors (Lipinski definition) is 0. The van der Waals surface area contributed by atoms with E-state index in [1.54, 1.807) is 12.5 Å². The number of aromatic nitrogens is 4. The van der Waals surface area contributed by atoms with Gasteiger partial charge in [-0.1, -0.05) is 5.16 Å². The highest BCUT2D eigenvalue weighted by Crippen LogP contribution is 2.35. The van der Waals surface area contributed by atoms with Crippen molar-refractivity contribution in [2.24, 2.45) is 0 Å². The molecule has 0 radical (unpaired) electrons. The van der Waals surface area contributed by atoms with E-state index in [1.165, 1.54) is 0 Å². The zero-order chi connectivity index (χ0) is 17.2. The summed E-state index contributed by atoms with van der Waals surface area (Å²) in [5, 5.41) is 4.06. The molecule has 0 unspecified atom stereocenters. The zero-order valence-electron chi connectivity index (χ0n) is 13.9. The Morgan fingerprint density at radius 2 is 2.08 bits per heavy atom. The SMILES string of the molecule is C[C@@H](c1ccncn1)N(C)Cc1nc(-c2ccc3c(c2)OCO3)no1. The van der Waals surface area contributed by atoms with Gasteiger partial charge in [0.2, 0.25) is 18.5 Å². The molecule has 4 rings (SSSR count). The van der Waals surface area contributed by atoms with E-state index in [2.05, 4.69) is 31.9 Å². The van der Waals surface area contributed by atoms with E-state index in [0.717, 1.165) is 17.0 Å². The van der Waals surface area contributed by atoms with Crippen molar-refractivity contribution in [1.29, 1.82) is 0 Å². The molecule has 3 aromatic rings. The van der Waals surface area contributed by atoms with E-state index in [9.17, 15) is 0 Å². The van der Waals surface area contributed by atoms with Crippen LogP contribution in [0.4, 0.5) is 0 Å². The minimum Gasteiger partial charge on any atom is -0.454 e. The normalized spacial score (nSPS) is 14.0. The molecule has 8 nitrogen and oxygen atoms in total. The number of hydrogen-bond acceptors (Lipinski definition) is 8. The number of ether oxygens (including phenoxy) is 2. The summed E-state index contributed by atoms with van der Waals surface area (Å²) in [5.74, 6) is 2.48. The van der Waals surface area contributed by atoms with Crippen LogP contribution in [0.3, 0.4) is 0 Å². The summed E-state index contributed by atoms with van der Waals surface area (Å²) in [6, 6.07) is 7.58. The first-order chi connectivity index (χ1) is 12.2. The van der Waals surface area contributed by atoms with Crippen LogP contribution in [0.5, 0.6) is 11.5 Å². The lowest BCUT2D eigenvalue weighted by Crippen LogP contribution is -2.22. The van der Waals surface area contributed by atoms with Gasteiger partial charge in [0.1, 0.15) is 6.33 Å². The fourth-order valence-corrected chi connectivity index (χ4v) is 2.60. The fraction of sp³-hybridized carbons (Fsp3) is 0.294. The van der Waals surface area contributed by atoms with Crippen LogP contribution in [-0.2, 0) is 6.54 Å². The molecule has 8 heteroatoms. The predicted octanol–water partition coefficient (Wildman–Crippen LogP) is 2.45. The van der Waals surface area contributed by atoms with Gasteiger partial charge >= 0.3 is 0 Å². The first kappa shape index (κ1) is 15.5. The predicted molar refractivity (Wildman–Crippen MR) is 87.8 cm³/mol. The maximum absolute atomic E-state index is 5.39. The molecule has 128 valence electrons. The first-order valence-corrected chi connectivity index (χ1v) is 7.89. The summed E-state index contributed by atoms with van der Waals surface area (Å²) < 4.78 is 16.1. The fourth-order valence-electron chi connectivity index (χ4n) is 2.60. The molecule has 1 aliphatic heterocycles. The van der Waals surface area contributed by atoms with Gasteiger partial charge in [-0.05, 0) is 38.2 Å². The van der Waals surface area contributed by atoms with Crippen LogP contribution in [0.15, 0.2) is 41.3 Å². The van der Waals surface area contributed by atoms with Gasteiger partial charge in [0.25, 0.3) is 0 Å². The minimum absolute atomic E-state index is 0.101. The Balaban J connectivity index is 1.48. The Bertz CT molecular complexity index is 868. The van der Waals surface area contributed by atoms with Crippen LogP contribution in [-0.4, -0.2) is 38.8 Å². The van der Waals surface area contributed by atoms with Crippen LogP contribution >= 0.6 is 0 Å². The molecule has 0 spiro atoms. The van der Waals surface area contributed by atoms with Crippen LogP contribution in [0.2, 0.25) is 0 Å². The van der Waals surface area contributed by atoms with E-state index in [1.807, 2.05) is 31.3 Å². The molecule has 0 aliphatic carbocycles. The molecule has 0 N–H and O–H groups in total. The van der Waals surface area contributed by atoms with Gasteiger partial charge in [-0.2, -0.15) is 4.98 Å². The third-order valence-electron chi connectivity index (χ3n) is 4.18. The van der Waals surface area contributed by atoms with E-state index in [4.69, 9.17) is 14.0 Å². The first-order valence-electron chi connectivity index (χ1n) is 7.89. The third-order valence-corrected chi connectivity index (χ3v) is 4.18. The van der Waals surface area contributed by atoms with Gasteiger partial charge in [-0.3, -0.25) is 4.90 Å². The summed E-state index contributed by atoms with van der Waals surface area (Å²) in [5.41, 5.74) is 1.76. The summed E-state index contributed by atoms with van der Waals surface area (Å²) >= 11 is 0. The number of fused-ring (bicyclic) bond motifs is 1. The molecule has 0 saturated heterocycles. The standard InChI is InChI=1S/C17H17N5O3/c1-11(13-5-6-18-9-19-13)22(2)8-16-20-17(21-25-16)12-3-4-14-15(7-12)24-10-23-14/h3-7,9,11H,8,10H2,1-2H3/t11-/m0/s1. The Kier molecular flexibility index (Phi) is 4.02. The van der Waals surface area contributed by atoms with Crippen molar-refractivity contribution in [3.8, 4) is 22.9 Å². The molecule has 0 fully saturated rings. The molecule has 0 saturated carbocycles. The highest BCUT2D eigenvalue weighted by atomic mass is 16.7. The van der Waals surface area contributed by atoms with Gasteiger partial charge in [-0.15, -0.1) is 0 Å². The third kappa shape index (κ3) is 3.16. The van der Waals surface area contributed by atoms with E-state index in [-0.39, 0.29) is 12.8 Å². The average Bonchev–Trinajstić information content (AvgIpc) is 3.30. The monoisotopic (exact) mass is 339 g/mol. The van der Waals surface area contributed by atoms with E-state index in [0.29, 0.717) is 24.0 Å². The zero-order valence-corrected chi connectivity index (χ0v) is 13.9. The number of rotatable bonds is 5. The lowest BCUT2D eigenvalue weighted by atomic mass is 10.2. The van der Waals surface area contributed by atoms with Crippen molar-refractivity contribution in [2.45, 2.75) is 19.5 Å². The number of benzene rings is 1. The lowest BCUT2D eigenvalue weighted by molar-refractivity contribution is 0.174. The molecule has 1 aromatic carbocycles. The van der Waals surface area contributed by atoms with Crippen molar-refractivity contribution >= 4 is 0 Å². The van der Waals surface area contributed by atoms with E-state index < -0.39 is 0 Å². The van der Waals surface area contributed by atoms with Crippen molar-refractivity contribution in [1.82, 2.24) is 25.0 Å². The molecule has 3 heterocycles. The van der Waals surface area contributed by atoms with Crippen LogP contribution < -0.4 is 9.47 Å². The molecule has 0 amide bonds. The second kappa shape index (κ2) is 6.48. The topological polar surface area (TPSA) is 86.4 Å². The van der Waals surface area contributed by atoms with Gasteiger partial charge in [0, 0.05) is 17.8 Å². The van der Waals surface area contributed by atoms with Crippen molar-refractivity contribution < 1.29 is 14.0 Å². The smallest absolute Gasteiger partial charge is 0.241 e. The van der Waals surface area contributed by atoms with Gasteiger partial charge in [0.05, 0.1) is 12.2 Å². The quantitative estimate of drug-likeness (QED) is 0.700. The average molecular weight is 339 g/mol. The van der Waals surface area contributed by atoms with Gasteiger partial charge in [-0.25, -0.2) is 9.97 Å². The molecule has 25 heavy (non-hydrogen) atoms. The van der Waals surface area contributed by atoms with Crippen molar-refractivity contribution in [2.75, 3.05) is 13.8 Å². The molecular formula is C17H17N5O3. The minimum atomic E-state index is 0.101. The summed E-state index contributed by atoms with van der Waals surface area (Å²) in [6.45, 7) is 2.82. The van der Waals surface area contributed by atoms with Crippen molar-refractivity contribution in [3.05, 3.63) is 48.4 Å². The van der Waals surface area contributed by atoms with E-state index >= 15 is 0 Å². The van der Waals surface area contributed by atoms with Crippen LogP contribution in [0.25, 0.3) is 11.4 Å². The lowest BCUT2D eigenvalue weighted by Gasteiger charge is -2.22. The summed E-state index contributed by atoms with van der Waals surface area (Å²) in [7, 11) is 1.98. The Morgan fingerprint density at radius 1 is 1.20 bits per heavy atom. The summed E-state index contributed by atoms with van der Waals surface area (Å²) in [6.07, 6.45) is 3.28. The van der Waals surface area contributed by atoms with Crippen molar-refractivity contribution in [3.63, 3.8) is 0 Å². The van der Waals surface area contributed by atoms with Crippen LogP contribution in [0, 0.1) is 0 Å². The molecule has 0 bridgehead atoms. The second-order valence-corrected chi connectivity index (χ2v) is 5.81. The molecule has 1 aliphatic rings. The second-order valence-electron chi connectivity index (χ2n) is 5.81. The maximum Gasteiger partial charge on any atom is 0.241 e. The Morgan fingerprint density at radius 3 is 2.92 bits per heavy atom. The number of nitrogens with zero attached hydrogens (tertiary/aromatic N) is 5. The molecular weight excluding hydrogens is 322 g/mol. The van der Waals surface area contributed by atoms with Gasteiger partial charge in [0.15, 0.2) is 11.5 Å². The van der Waals surface area contributed by atoms with Gasteiger partial charge < -0.3 is 14.0 Å². The highest BCUT2D eigenvalue weighted by Gasteiger charge is 2.19. The Hall–Kier alpha value is -3.00. The highest BCUT2D eigenvalue weighted by molar-refractivity contribution is 5.61. The Labute approximate surface area is 144 Å². The summed E-state index contributed by atoms with van der Waals surface area (Å²) in [4.78, 5) is 14.8. The largest absolute Gasteiger partial charge is 0.454 e. The maximum atomic E-state index is 5.39.